The Hall–Kier alpha value is -1.11. The summed E-state index contributed by atoms with van der Waals surface area (Å²) in [7, 11) is 0. The van der Waals surface area contributed by atoms with Crippen LogP contribution in [0, 0.1) is 5.41 Å². The minimum Gasteiger partial charge on any atom is -0.309 e. The van der Waals surface area contributed by atoms with Gasteiger partial charge >= 0.3 is 0 Å². The van der Waals surface area contributed by atoms with E-state index in [-0.39, 0.29) is 5.41 Å². The molecule has 1 atom stereocenters. The molecule has 1 N–H and O–H groups in total. The van der Waals surface area contributed by atoms with Crippen LogP contribution >= 0.6 is 0 Å². The highest BCUT2D eigenvalue weighted by molar-refractivity contribution is 5.90. The Labute approximate surface area is 98.4 Å². The van der Waals surface area contributed by atoms with Gasteiger partial charge in [-0.05, 0) is 35.8 Å². The fourth-order valence-electron chi connectivity index (χ4n) is 2.43. The quantitative estimate of drug-likeness (QED) is 0.723. The van der Waals surface area contributed by atoms with Crippen molar-refractivity contribution in [2.24, 2.45) is 0 Å². The molecule has 1 nitrogen and oxygen atoms in total. The molecule has 0 aromatic heterocycles. The fourth-order valence-corrected chi connectivity index (χ4v) is 2.43. The summed E-state index contributed by atoms with van der Waals surface area (Å²) >= 11 is 0. The van der Waals surface area contributed by atoms with Crippen molar-refractivity contribution in [2.45, 2.75) is 51.4 Å². The largest absolute Gasteiger partial charge is 0.309 e. The molecule has 86 valence electrons. The zero-order valence-corrected chi connectivity index (χ0v) is 10.5. The summed E-state index contributed by atoms with van der Waals surface area (Å²) in [5.74, 6) is 0.397. The van der Waals surface area contributed by atoms with Crippen LogP contribution in [0.15, 0.2) is 24.3 Å². The summed E-state index contributed by atoms with van der Waals surface area (Å²) in [6.45, 7) is 6.71. The molecule has 1 unspecified atom stereocenters. The lowest BCUT2D eigenvalue weighted by atomic mass is 9.85. The van der Waals surface area contributed by atoms with E-state index >= 15 is 0 Å². The summed E-state index contributed by atoms with van der Waals surface area (Å²) in [5, 5.41) is 7.92. The molecule has 0 radical (unpaired) electrons. The molecule has 1 heteroatoms. The van der Waals surface area contributed by atoms with E-state index in [1.54, 1.807) is 0 Å². The summed E-state index contributed by atoms with van der Waals surface area (Å²) in [6.07, 6.45) is 3.34. The average Bonchev–Trinajstić information content (AvgIpc) is 2.63. The summed E-state index contributed by atoms with van der Waals surface area (Å²) in [6, 6.07) is 8.87. The first-order valence-electron chi connectivity index (χ1n) is 6.16. The highest BCUT2D eigenvalue weighted by atomic mass is 14.5. The van der Waals surface area contributed by atoms with Crippen LogP contribution in [0.4, 0.5) is 0 Å². The molecule has 1 aliphatic carbocycles. The molecule has 1 aliphatic rings. The Morgan fingerprint density at radius 1 is 1.12 bits per heavy atom. The van der Waals surface area contributed by atoms with Crippen LogP contribution in [0.2, 0.25) is 0 Å². The van der Waals surface area contributed by atoms with E-state index < -0.39 is 0 Å². The van der Waals surface area contributed by atoms with E-state index in [1.165, 1.54) is 17.5 Å². The Morgan fingerprint density at radius 3 is 2.19 bits per heavy atom. The zero-order valence-electron chi connectivity index (χ0n) is 10.5. The van der Waals surface area contributed by atoms with Crippen molar-refractivity contribution < 1.29 is 0 Å². The molecular formula is C15H21N. The van der Waals surface area contributed by atoms with Crippen LogP contribution in [-0.2, 0) is 5.41 Å². The van der Waals surface area contributed by atoms with Crippen molar-refractivity contribution in [1.29, 1.82) is 5.41 Å². The smallest absolute Gasteiger partial charge is 0.0216 e. The van der Waals surface area contributed by atoms with Crippen molar-refractivity contribution in [2.75, 3.05) is 0 Å². The highest BCUT2D eigenvalue weighted by Crippen LogP contribution is 2.32. The van der Waals surface area contributed by atoms with Gasteiger partial charge in [0.25, 0.3) is 0 Å². The van der Waals surface area contributed by atoms with Crippen LogP contribution in [0.3, 0.4) is 0 Å². The van der Waals surface area contributed by atoms with Gasteiger partial charge in [-0.1, -0.05) is 45.0 Å². The van der Waals surface area contributed by atoms with Gasteiger partial charge < -0.3 is 5.41 Å². The minimum absolute atomic E-state index is 0.224. The maximum Gasteiger partial charge on any atom is 0.0216 e. The molecule has 0 bridgehead atoms. The number of hydrogen-bond acceptors (Lipinski definition) is 1. The molecule has 2 rings (SSSR count). The van der Waals surface area contributed by atoms with E-state index in [4.69, 9.17) is 5.41 Å². The molecule has 1 aromatic carbocycles. The second-order valence-corrected chi connectivity index (χ2v) is 5.84. The van der Waals surface area contributed by atoms with Gasteiger partial charge in [0, 0.05) is 11.6 Å². The van der Waals surface area contributed by atoms with E-state index in [0.717, 1.165) is 18.6 Å². The normalized spacial score (nSPS) is 21.4. The molecule has 0 spiro atoms. The van der Waals surface area contributed by atoms with Crippen LogP contribution < -0.4 is 0 Å². The predicted molar refractivity (Wildman–Crippen MR) is 69.5 cm³/mol. The van der Waals surface area contributed by atoms with Crippen LogP contribution in [0.1, 0.15) is 57.1 Å². The van der Waals surface area contributed by atoms with Gasteiger partial charge in [-0.25, -0.2) is 0 Å². The van der Waals surface area contributed by atoms with E-state index in [0.29, 0.717) is 5.92 Å². The van der Waals surface area contributed by atoms with Crippen molar-refractivity contribution in [3.63, 3.8) is 0 Å². The molecule has 0 saturated heterocycles. The standard InChI is InChI=1S/C15H21N/c1-15(2,3)12-9-7-11(8-10-12)13-5-4-6-14(13)16/h7-10,13,16H,4-6H2,1-3H3. The maximum atomic E-state index is 7.92. The molecular weight excluding hydrogens is 194 g/mol. The summed E-state index contributed by atoms with van der Waals surface area (Å²) in [4.78, 5) is 0. The van der Waals surface area contributed by atoms with Crippen molar-refractivity contribution in [1.82, 2.24) is 0 Å². The van der Waals surface area contributed by atoms with E-state index in [1.807, 2.05) is 0 Å². The number of hydrogen-bond donors (Lipinski definition) is 1. The van der Waals surface area contributed by atoms with Gasteiger partial charge in [-0.2, -0.15) is 0 Å². The van der Waals surface area contributed by atoms with Crippen LogP contribution in [0.25, 0.3) is 0 Å². The van der Waals surface area contributed by atoms with Crippen molar-refractivity contribution in [3.05, 3.63) is 35.4 Å². The minimum atomic E-state index is 0.224. The first kappa shape index (κ1) is 11.4. The first-order valence-corrected chi connectivity index (χ1v) is 6.16. The molecule has 0 aliphatic heterocycles. The Kier molecular flexibility index (Phi) is 2.88. The van der Waals surface area contributed by atoms with Gasteiger partial charge in [0.05, 0.1) is 0 Å². The molecule has 1 fully saturated rings. The Bertz CT molecular complexity index is 381. The highest BCUT2D eigenvalue weighted by Gasteiger charge is 2.23. The van der Waals surface area contributed by atoms with Crippen molar-refractivity contribution >= 4 is 5.71 Å². The lowest BCUT2D eigenvalue weighted by Crippen LogP contribution is -2.11. The van der Waals surface area contributed by atoms with Crippen molar-refractivity contribution in [3.8, 4) is 0 Å². The predicted octanol–water partition coefficient (Wildman–Crippen LogP) is 4.27. The third-order valence-electron chi connectivity index (χ3n) is 3.54. The SMILES string of the molecule is CC(C)(C)c1ccc(C2CCCC2=N)cc1. The monoisotopic (exact) mass is 215 g/mol. The number of benzene rings is 1. The molecule has 16 heavy (non-hydrogen) atoms. The summed E-state index contributed by atoms with van der Waals surface area (Å²) < 4.78 is 0. The third kappa shape index (κ3) is 2.18. The zero-order chi connectivity index (χ0) is 11.8. The Balaban J connectivity index is 2.22. The maximum absolute atomic E-state index is 7.92. The average molecular weight is 215 g/mol. The van der Waals surface area contributed by atoms with Gasteiger partial charge in [-0.15, -0.1) is 0 Å². The molecule has 0 heterocycles. The van der Waals surface area contributed by atoms with Gasteiger partial charge in [-0.3, -0.25) is 0 Å². The van der Waals surface area contributed by atoms with E-state index in [2.05, 4.69) is 45.0 Å². The molecule has 1 aromatic rings. The topological polar surface area (TPSA) is 23.9 Å². The van der Waals surface area contributed by atoms with Gasteiger partial charge in [0.1, 0.15) is 0 Å². The van der Waals surface area contributed by atoms with Gasteiger partial charge in [0.15, 0.2) is 0 Å². The number of rotatable bonds is 1. The van der Waals surface area contributed by atoms with Crippen LogP contribution in [0.5, 0.6) is 0 Å². The van der Waals surface area contributed by atoms with Crippen LogP contribution in [-0.4, -0.2) is 5.71 Å². The van der Waals surface area contributed by atoms with E-state index in [9.17, 15) is 0 Å². The lowest BCUT2D eigenvalue weighted by molar-refractivity contribution is 0.590. The first-order chi connectivity index (χ1) is 7.48. The third-order valence-corrected chi connectivity index (χ3v) is 3.54. The lowest BCUT2D eigenvalue weighted by Gasteiger charge is -2.20. The molecule has 1 saturated carbocycles. The number of nitrogens with one attached hydrogen (secondary N) is 1. The summed E-state index contributed by atoms with van der Waals surface area (Å²) in [5.41, 5.74) is 3.85. The fraction of sp³-hybridized carbons (Fsp3) is 0.533. The second kappa shape index (κ2) is 4.04. The van der Waals surface area contributed by atoms with Gasteiger partial charge in [0.2, 0.25) is 0 Å². The Morgan fingerprint density at radius 2 is 1.75 bits per heavy atom. The second-order valence-electron chi connectivity index (χ2n) is 5.84. The molecule has 0 amide bonds.